The molecule has 4 nitrogen and oxygen atoms in total. The minimum atomic E-state index is -1.71. The van der Waals surface area contributed by atoms with E-state index in [4.69, 9.17) is 4.74 Å². The summed E-state index contributed by atoms with van der Waals surface area (Å²) in [5.41, 5.74) is -1.14. The third-order valence-electron chi connectivity index (χ3n) is 5.46. The van der Waals surface area contributed by atoms with E-state index in [1.54, 1.807) is 18.2 Å². The summed E-state index contributed by atoms with van der Waals surface area (Å²) in [5, 5.41) is 11.2. The highest BCUT2D eigenvalue weighted by Crippen LogP contribution is 2.32. The van der Waals surface area contributed by atoms with Crippen molar-refractivity contribution in [1.82, 2.24) is 4.90 Å². The standard InChI is InChI=1S/C21H29NO3/c1-2-3-4-8-13-21(24,18-9-6-5-7-10-18)20(23)25-19-16-22-14-11-17(19)12-15-22/h5-10,13,17,19,24H,2-4,11-12,14-16H2,1H3. The van der Waals surface area contributed by atoms with E-state index in [0.717, 1.165) is 51.7 Å². The van der Waals surface area contributed by atoms with E-state index in [0.29, 0.717) is 11.5 Å². The van der Waals surface area contributed by atoms with Crippen molar-refractivity contribution >= 4 is 5.97 Å². The normalized spacial score (nSPS) is 28.0. The van der Waals surface area contributed by atoms with Gasteiger partial charge in [0.2, 0.25) is 5.60 Å². The van der Waals surface area contributed by atoms with Crippen molar-refractivity contribution in [1.29, 1.82) is 0 Å². The molecule has 2 bridgehead atoms. The first-order valence-electron chi connectivity index (χ1n) is 9.52. The van der Waals surface area contributed by atoms with E-state index in [9.17, 15) is 9.90 Å². The topological polar surface area (TPSA) is 49.8 Å². The summed E-state index contributed by atoms with van der Waals surface area (Å²) in [4.78, 5) is 15.3. The number of carbonyl (C=O) groups is 1. The van der Waals surface area contributed by atoms with Crippen molar-refractivity contribution in [2.24, 2.45) is 5.92 Å². The third kappa shape index (κ3) is 4.13. The maximum atomic E-state index is 12.9. The highest BCUT2D eigenvalue weighted by molar-refractivity contribution is 5.83. The van der Waals surface area contributed by atoms with Gasteiger partial charge in [-0.25, -0.2) is 4.79 Å². The molecule has 0 aliphatic carbocycles. The van der Waals surface area contributed by atoms with Crippen LogP contribution in [-0.4, -0.2) is 41.7 Å². The van der Waals surface area contributed by atoms with Crippen molar-refractivity contribution in [3.63, 3.8) is 0 Å². The minimum absolute atomic E-state index is 0.103. The summed E-state index contributed by atoms with van der Waals surface area (Å²) in [7, 11) is 0. The molecule has 1 aromatic carbocycles. The molecule has 3 saturated heterocycles. The smallest absolute Gasteiger partial charge is 0.347 e. The number of ether oxygens (including phenoxy) is 1. The Labute approximate surface area is 150 Å². The van der Waals surface area contributed by atoms with E-state index in [2.05, 4.69) is 11.8 Å². The molecule has 0 amide bonds. The van der Waals surface area contributed by atoms with Crippen LogP contribution >= 0.6 is 0 Å². The molecule has 0 radical (unpaired) electrons. The largest absolute Gasteiger partial charge is 0.458 e. The lowest BCUT2D eigenvalue weighted by Gasteiger charge is -2.44. The van der Waals surface area contributed by atoms with Gasteiger partial charge in [-0.3, -0.25) is 4.90 Å². The second kappa shape index (κ2) is 8.15. The van der Waals surface area contributed by atoms with Crippen LogP contribution in [0.4, 0.5) is 0 Å². The Kier molecular flexibility index (Phi) is 5.92. The molecular weight excluding hydrogens is 314 g/mol. The van der Waals surface area contributed by atoms with Gasteiger partial charge in [0.1, 0.15) is 6.10 Å². The lowest BCUT2D eigenvalue weighted by molar-refractivity contribution is -0.176. The number of rotatable bonds is 7. The van der Waals surface area contributed by atoms with Crippen LogP contribution in [0.5, 0.6) is 0 Å². The maximum Gasteiger partial charge on any atom is 0.347 e. The molecule has 0 aromatic heterocycles. The molecular formula is C21H29NO3. The highest BCUT2D eigenvalue weighted by Gasteiger charge is 2.42. The van der Waals surface area contributed by atoms with Crippen LogP contribution < -0.4 is 0 Å². The van der Waals surface area contributed by atoms with Crippen LogP contribution in [-0.2, 0) is 15.1 Å². The number of carbonyl (C=O) groups excluding carboxylic acids is 1. The molecule has 3 aliphatic heterocycles. The Balaban J connectivity index is 1.76. The Morgan fingerprint density at radius 2 is 2.04 bits per heavy atom. The first-order valence-corrected chi connectivity index (χ1v) is 9.52. The summed E-state index contributed by atoms with van der Waals surface area (Å²) in [6.45, 7) is 5.11. The first-order chi connectivity index (χ1) is 12.1. The number of fused-ring (bicyclic) bond motifs is 3. The molecule has 2 atom stereocenters. The van der Waals surface area contributed by atoms with Gasteiger partial charge in [0.25, 0.3) is 0 Å². The van der Waals surface area contributed by atoms with E-state index < -0.39 is 11.6 Å². The van der Waals surface area contributed by atoms with E-state index in [1.165, 1.54) is 0 Å². The molecule has 3 fully saturated rings. The zero-order valence-electron chi connectivity index (χ0n) is 15.1. The monoisotopic (exact) mass is 343 g/mol. The highest BCUT2D eigenvalue weighted by atomic mass is 16.6. The fourth-order valence-electron chi connectivity index (χ4n) is 3.82. The van der Waals surface area contributed by atoms with Gasteiger partial charge in [0, 0.05) is 6.54 Å². The number of hydrogen-bond donors (Lipinski definition) is 1. The van der Waals surface area contributed by atoms with Crippen molar-refractivity contribution in [2.75, 3.05) is 19.6 Å². The Bertz CT molecular complexity index is 592. The van der Waals surface area contributed by atoms with Crippen LogP contribution in [0, 0.1) is 5.92 Å². The zero-order valence-corrected chi connectivity index (χ0v) is 15.1. The number of unbranched alkanes of at least 4 members (excludes halogenated alkanes) is 2. The quantitative estimate of drug-likeness (QED) is 0.469. The fourth-order valence-corrected chi connectivity index (χ4v) is 3.82. The number of benzene rings is 1. The zero-order chi connectivity index (χ0) is 17.7. The number of piperidine rings is 3. The first kappa shape index (κ1) is 18.2. The molecule has 25 heavy (non-hydrogen) atoms. The second-order valence-electron chi connectivity index (χ2n) is 7.26. The van der Waals surface area contributed by atoms with Gasteiger partial charge in [-0.1, -0.05) is 56.2 Å². The molecule has 1 aromatic rings. The average Bonchev–Trinajstić information content (AvgIpc) is 2.66. The van der Waals surface area contributed by atoms with Crippen molar-refractivity contribution in [2.45, 2.75) is 50.7 Å². The van der Waals surface area contributed by atoms with E-state index in [-0.39, 0.29) is 6.10 Å². The Morgan fingerprint density at radius 1 is 1.32 bits per heavy atom. The molecule has 136 valence electrons. The fraction of sp³-hybridized carbons (Fsp3) is 0.571. The summed E-state index contributed by atoms with van der Waals surface area (Å²) < 4.78 is 5.82. The van der Waals surface area contributed by atoms with Crippen LogP contribution in [0.15, 0.2) is 42.5 Å². The van der Waals surface area contributed by atoms with Crippen molar-refractivity contribution < 1.29 is 14.6 Å². The molecule has 3 aliphatic rings. The minimum Gasteiger partial charge on any atom is -0.458 e. The molecule has 4 rings (SSSR count). The van der Waals surface area contributed by atoms with Gasteiger partial charge in [0.05, 0.1) is 0 Å². The van der Waals surface area contributed by atoms with Crippen molar-refractivity contribution in [3.8, 4) is 0 Å². The van der Waals surface area contributed by atoms with Gasteiger partial charge < -0.3 is 9.84 Å². The predicted octanol–water partition coefficient (Wildman–Crippen LogP) is 3.26. The number of hydrogen-bond acceptors (Lipinski definition) is 4. The second-order valence-corrected chi connectivity index (χ2v) is 7.26. The van der Waals surface area contributed by atoms with E-state index in [1.807, 2.05) is 24.3 Å². The average molecular weight is 343 g/mol. The van der Waals surface area contributed by atoms with Crippen LogP contribution in [0.3, 0.4) is 0 Å². The Hall–Kier alpha value is -1.65. The van der Waals surface area contributed by atoms with Gasteiger partial charge in [-0.15, -0.1) is 0 Å². The molecule has 1 N–H and O–H groups in total. The van der Waals surface area contributed by atoms with Crippen molar-refractivity contribution in [3.05, 3.63) is 48.0 Å². The number of allylic oxidation sites excluding steroid dienone is 1. The summed E-state index contributed by atoms with van der Waals surface area (Å²) in [5.74, 6) is -0.122. The lowest BCUT2D eigenvalue weighted by Crippen LogP contribution is -2.53. The van der Waals surface area contributed by atoms with Crippen LogP contribution in [0.1, 0.15) is 44.6 Å². The molecule has 3 heterocycles. The van der Waals surface area contributed by atoms with Gasteiger partial charge in [-0.2, -0.15) is 0 Å². The maximum absolute atomic E-state index is 12.9. The van der Waals surface area contributed by atoms with Gasteiger partial charge in [0.15, 0.2) is 0 Å². The molecule has 0 saturated carbocycles. The molecule has 4 heteroatoms. The third-order valence-corrected chi connectivity index (χ3v) is 5.46. The lowest BCUT2D eigenvalue weighted by atomic mass is 9.85. The number of esters is 1. The SMILES string of the molecule is CCCCC=CC(O)(C(=O)OC1CN2CCC1CC2)c1ccccc1. The predicted molar refractivity (Wildman–Crippen MR) is 98.0 cm³/mol. The van der Waals surface area contributed by atoms with Crippen LogP contribution in [0.2, 0.25) is 0 Å². The van der Waals surface area contributed by atoms with E-state index >= 15 is 0 Å². The van der Waals surface area contributed by atoms with Gasteiger partial charge in [-0.05, 0) is 49.9 Å². The van der Waals surface area contributed by atoms with Crippen LogP contribution in [0.25, 0.3) is 0 Å². The molecule has 0 spiro atoms. The summed E-state index contributed by atoms with van der Waals surface area (Å²) >= 11 is 0. The number of nitrogens with zero attached hydrogens (tertiary/aromatic N) is 1. The Morgan fingerprint density at radius 3 is 2.64 bits per heavy atom. The summed E-state index contributed by atoms with van der Waals surface area (Å²) in [6, 6.07) is 9.11. The summed E-state index contributed by atoms with van der Waals surface area (Å²) in [6.07, 6.45) is 8.53. The number of aliphatic hydroxyl groups is 1. The van der Waals surface area contributed by atoms with Gasteiger partial charge >= 0.3 is 5.97 Å². The molecule has 2 unspecified atom stereocenters.